The molecule has 0 spiro atoms. The van der Waals surface area contributed by atoms with Gasteiger partial charge in [-0.1, -0.05) is 12.1 Å². The summed E-state index contributed by atoms with van der Waals surface area (Å²) in [5, 5.41) is 3.07. The average Bonchev–Trinajstić information content (AvgIpc) is 2.64. The van der Waals surface area contributed by atoms with Crippen molar-refractivity contribution in [3.8, 4) is 23.0 Å². The minimum atomic E-state index is -0.361. The number of nitrogens with one attached hydrogen (secondary N) is 1. The van der Waals surface area contributed by atoms with Crippen LogP contribution in [0.2, 0.25) is 0 Å². The van der Waals surface area contributed by atoms with Crippen molar-refractivity contribution in [1.29, 1.82) is 0 Å². The summed E-state index contributed by atoms with van der Waals surface area (Å²) in [6.07, 6.45) is 0.682. The minimum Gasteiger partial charge on any atom is -0.496 e. The lowest BCUT2D eigenvalue weighted by molar-refractivity contribution is -0.124. The Bertz CT molecular complexity index is 840. The number of carbonyl (C=O) groups excluding carboxylic acids is 1. The van der Waals surface area contributed by atoms with Crippen LogP contribution in [0.5, 0.6) is 23.0 Å². The molecule has 150 valence electrons. The fourth-order valence-corrected chi connectivity index (χ4v) is 3.34. The lowest BCUT2D eigenvalue weighted by Gasteiger charge is -2.38. The Kier molecular flexibility index (Phi) is 5.68. The van der Waals surface area contributed by atoms with Gasteiger partial charge in [-0.25, -0.2) is 0 Å². The Labute approximate surface area is 165 Å². The summed E-state index contributed by atoms with van der Waals surface area (Å²) in [6.45, 7) is 5.97. The van der Waals surface area contributed by atoms with E-state index < -0.39 is 0 Å². The van der Waals surface area contributed by atoms with Gasteiger partial charge in [-0.2, -0.15) is 0 Å². The van der Waals surface area contributed by atoms with Crippen molar-refractivity contribution >= 4 is 5.91 Å². The smallest absolute Gasteiger partial charge is 0.258 e. The molecule has 0 saturated heterocycles. The van der Waals surface area contributed by atoms with Gasteiger partial charge in [-0.15, -0.1) is 0 Å². The van der Waals surface area contributed by atoms with Gasteiger partial charge in [0.1, 0.15) is 28.6 Å². The standard InChI is InChI=1S/C22H27NO5/c1-14-6-7-18-19(12-22(2,3)28-20(18)8-14)23-21(24)13-27-17-10-15(25-4)9-16(11-17)26-5/h6-11,19H,12-13H2,1-5H3,(H,23,24)/t19-/m0/s1. The molecule has 6 nitrogen and oxygen atoms in total. The number of ether oxygens (including phenoxy) is 4. The summed E-state index contributed by atoms with van der Waals surface area (Å²) in [5.74, 6) is 2.33. The summed E-state index contributed by atoms with van der Waals surface area (Å²) in [7, 11) is 3.13. The number of rotatable bonds is 6. The van der Waals surface area contributed by atoms with Gasteiger partial charge in [-0.05, 0) is 32.4 Å². The molecule has 2 aromatic carbocycles. The molecule has 6 heteroatoms. The number of hydrogen-bond acceptors (Lipinski definition) is 5. The number of amides is 1. The quantitative estimate of drug-likeness (QED) is 0.819. The van der Waals surface area contributed by atoms with Crippen LogP contribution in [0.1, 0.15) is 37.4 Å². The maximum absolute atomic E-state index is 12.5. The third-order valence-corrected chi connectivity index (χ3v) is 4.66. The second-order valence-corrected chi connectivity index (χ2v) is 7.56. The van der Waals surface area contributed by atoms with Crippen molar-refractivity contribution in [2.24, 2.45) is 0 Å². The molecule has 0 fully saturated rings. The highest BCUT2D eigenvalue weighted by Gasteiger charge is 2.34. The summed E-state index contributed by atoms with van der Waals surface area (Å²) in [6, 6.07) is 11.1. The van der Waals surface area contributed by atoms with Crippen LogP contribution < -0.4 is 24.3 Å². The molecule has 3 rings (SSSR count). The van der Waals surface area contributed by atoms with E-state index in [1.54, 1.807) is 32.4 Å². The van der Waals surface area contributed by atoms with Crippen LogP contribution in [0.3, 0.4) is 0 Å². The first kappa shape index (κ1) is 19.9. The van der Waals surface area contributed by atoms with Crippen LogP contribution in [0.25, 0.3) is 0 Å². The van der Waals surface area contributed by atoms with E-state index in [0.29, 0.717) is 23.7 Å². The topological polar surface area (TPSA) is 66.0 Å². The second-order valence-electron chi connectivity index (χ2n) is 7.56. The van der Waals surface area contributed by atoms with Crippen LogP contribution in [-0.2, 0) is 4.79 Å². The van der Waals surface area contributed by atoms with Crippen molar-refractivity contribution in [3.63, 3.8) is 0 Å². The van der Waals surface area contributed by atoms with Gasteiger partial charge in [-0.3, -0.25) is 4.79 Å². The van der Waals surface area contributed by atoms with E-state index in [0.717, 1.165) is 16.9 Å². The Morgan fingerprint density at radius 1 is 1.11 bits per heavy atom. The van der Waals surface area contributed by atoms with Gasteiger partial charge in [0.05, 0.1) is 20.3 Å². The zero-order valence-electron chi connectivity index (χ0n) is 17.0. The fraction of sp³-hybridized carbons (Fsp3) is 0.409. The first-order chi connectivity index (χ1) is 13.3. The predicted molar refractivity (Wildman–Crippen MR) is 106 cm³/mol. The van der Waals surface area contributed by atoms with Gasteiger partial charge >= 0.3 is 0 Å². The third kappa shape index (κ3) is 4.68. The van der Waals surface area contributed by atoms with E-state index in [1.165, 1.54) is 0 Å². The van der Waals surface area contributed by atoms with Crippen molar-refractivity contribution in [3.05, 3.63) is 47.5 Å². The van der Waals surface area contributed by atoms with Gasteiger partial charge < -0.3 is 24.3 Å². The zero-order valence-corrected chi connectivity index (χ0v) is 17.0. The molecule has 0 unspecified atom stereocenters. The molecule has 28 heavy (non-hydrogen) atoms. The minimum absolute atomic E-state index is 0.102. The lowest BCUT2D eigenvalue weighted by atomic mass is 9.89. The monoisotopic (exact) mass is 385 g/mol. The predicted octanol–water partition coefficient (Wildman–Crippen LogP) is 3.81. The van der Waals surface area contributed by atoms with Crippen LogP contribution in [0, 0.1) is 6.92 Å². The van der Waals surface area contributed by atoms with Gasteiger partial charge in [0.15, 0.2) is 6.61 Å². The first-order valence-electron chi connectivity index (χ1n) is 9.24. The normalized spacial score (nSPS) is 17.1. The summed E-state index contributed by atoms with van der Waals surface area (Å²) in [4.78, 5) is 12.5. The molecular weight excluding hydrogens is 358 g/mol. The fourth-order valence-electron chi connectivity index (χ4n) is 3.34. The number of hydrogen-bond donors (Lipinski definition) is 1. The number of benzene rings is 2. The van der Waals surface area contributed by atoms with E-state index in [4.69, 9.17) is 18.9 Å². The number of carbonyl (C=O) groups is 1. The molecule has 0 bridgehead atoms. The molecule has 2 aromatic rings. The molecule has 1 atom stereocenters. The van der Waals surface area contributed by atoms with E-state index in [9.17, 15) is 4.79 Å². The Hall–Kier alpha value is -2.89. The molecule has 1 N–H and O–H groups in total. The molecule has 0 aliphatic carbocycles. The van der Waals surface area contributed by atoms with Gasteiger partial charge in [0.25, 0.3) is 5.91 Å². The molecule has 0 aromatic heterocycles. The summed E-state index contributed by atoms with van der Waals surface area (Å²) >= 11 is 0. The first-order valence-corrected chi connectivity index (χ1v) is 9.24. The molecule has 0 radical (unpaired) electrons. The molecular formula is C22H27NO5. The molecule has 1 aliphatic rings. The van der Waals surface area contributed by atoms with Crippen LogP contribution >= 0.6 is 0 Å². The second kappa shape index (κ2) is 8.00. The van der Waals surface area contributed by atoms with E-state index in [1.807, 2.05) is 39.0 Å². The van der Waals surface area contributed by atoms with Crippen LogP contribution in [0.15, 0.2) is 36.4 Å². The number of methoxy groups -OCH3 is 2. The maximum atomic E-state index is 12.5. The Morgan fingerprint density at radius 2 is 1.75 bits per heavy atom. The molecule has 1 aliphatic heterocycles. The SMILES string of the molecule is COc1cc(OC)cc(OCC(=O)N[C@H]2CC(C)(C)Oc3cc(C)ccc32)c1. The summed E-state index contributed by atoms with van der Waals surface area (Å²) in [5.41, 5.74) is 1.75. The van der Waals surface area contributed by atoms with E-state index >= 15 is 0 Å². The number of aryl methyl sites for hydroxylation is 1. The summed E-state index contributed by atoms with van der Waals surface area (Å²) < 4.78 is 22.2. The third-order valence-electron chi connectivity index (χ3n) is 4.66. The highest BCUT2D eigenvalue weighted by atomic mass is 16.5. The maximum Gasteiger partial charge on any atom is 0.258 e. The number of fused-ring (bicyclic) bond motifs is 1. The molecule has 1 heterocycles. The van der Waals surface area contributed by atoms with Crippen LogP contribution in [0.4, 0.5) is 0 Å². The average molecular weight is 385 g/mol. The highest BCUT2D eigenvalue weighted by molar-refractivity contribution is 5.78. The van der Waals surface area contributed by atoms with Crippen molar-refractivity contribution in [2.45, 2.75) is 38.8 Å². The van der Waals surface area contributed by atoms with E-state index in [-0.39, 0.29) is 24.2 Å². The van der Waals surface area contributed by atoms with Crippen molar-refractivity contribution in [2.75, 3.05) is 20.8 Å². The molecule has 0 saturated carbocycles. The zero-order chi connectivity index (χ0) is 20.3. The highest BCUT2D eigenvalue weighted by Crippen LogP contribution is 2.39. The van der Waals surface area contributed by atoms with Crippen molar-refractivity contribution in [1.82, 2.24) is 5.32 Å². The molecule has 1 amide bonds. The van der Waals surface area contributed by atoms with Crippen molar-refractivity contribution < 1.29 is 23.7 Å². The van der Waals surface area contributed by atoms with Crippen LogP contribution in [-0.4, -0.2) is 32.3 Å². The Morgan fingerprint density at radius 3 is 2.39 bits per heavy atom. The van der Waals surface area contributed by atoms with E-state index in [2.05, 4.69) is 5.32 Å². The van der Waals surface area contributed by atoms with Gasteiger partial charge in [0, 0.05) is 30.2 Å². The van der Waals surface area contributed by atoms with Gasteiger partial charge in [0.2, 0.25) is 0 Å². The Balaban J connectivity index is 1.68. The lowest BCUT2D eigenvalue weighted by Crippen LogP contribution is -2.42. The largest absolute Gasteiger partial charge is 0.496 e.